The number of hydrogen-bond donors (Lipinski definition) is 3. The minimum Gasteiger partial charge on any atom is -0.508 e. The highest BCUT2D eigenvalue weighted by atomic mass is 32.1. The molecule has 2 rings (SSSR count). The Labute approximate surface area is 135 Å². The van der Waals surface area contributed by atoms with Crippen molar-refractivity contribution in [1.29, 1.82) is 0 Å². The van der Waals surface area contributed by atoms with Crippen LogP contribution in [0.25, 0.3) is 0 Å². The highest BCUT2D eigenvalue weighted by molar-refractivity contribution is 7.11. The van der Waals surface area contributed by atoms with Crippen molar-refractivity contribution in [2.75, 3.05) is 6.54 Å². The second-order valence-corrected chi connectivity index (χ2v) is 6.26. The zero-order chi connectivity index (χ0) is 15.9. The van der Waals surface area contributed by atoms with E-state index >= 15 is 0 Å². The highest BCUT2D eigenvalue weighted by Gasteiger charge is 2.04. The SMILES string of the molecule is CCNC(=NCc1cccc(O)c1)NCc1nc(C)c(C)s1. The van der Waals surface area contributed by atoms with Crippen molar-refractivity contribution in [3.8, 4) is 5.75 Å². The first-order chi connectivity index (χ1) is 10.6. The van der Waals surface area contributed by atoms with Gasteiger partial charge in [-0.15, -0.1) is 11.3 Å². The normalized spacial score (nSPS) is 11.5. The number of thiazole rings is 1. The van der Waals surface area contributed by atoms with Gasteiger partial charge in [0.25, 0.3) is 0 Å². The van der Waals surface area contributed by atoms with Crippen molar-refractivity contribution >= 4 is 17.3 Å². The van der Waals surface area contributed by atoms with Gasteiger partial charge in [-0.05, 0) is 38.5 Å². The summed E-state index contributed by atoms with van der Waals surface area (Å²) in [4.78, 5) is 10.3. The third-order valence-corrected chi connectivity index (χ3v) is 4.23. The molecule has 0 radical (unpaired) electrons. The molecule has 0 aliphatic rings. The molecule has 0 fully saturated rings. The summed E-state index contributed by atoms with van der Waals surface area (Å²) < 4.78 is 0. The monoisotopic (exact) mass is 318 g/mol. The number of guanidine groups is 1. The minimum atomic E-state index is 0.263. The molecule has 1 heterocycles. The predicted octanol–water partition coefficient (Wildman–Crippen LogP) is 2.72. The number of aromatic nitrogens is 1. The Morgan fingerprint density at radius 2 is 2.14 bits per heavy atom. The van der Waals surface area contributed by atoms with E-state index in [2.05, 4.69) is 27.5 Å². The number of aliphatic imine (C=N–C) groups is 1. The molecule has 1 aromatic carbocycles. The number of hydrogen-bond acceptors (Lipinski definition) is 4. The first-order valence-corrected chi connectivity index (χ1v) is 8.13. The summed E-state index contributed by atoms with van der Waals surface area (Å²) in [6, 6.07) is 7.15. The van der Waals surface area contributed by atoms with E-state index in [1.165, 1.54) is 4.88 Å². The van der Waals surface area contributed by atoms with Crippen LogP contribution in [0.3, 0.4) is 0 Å². The number of aromatic hydroxyl groups is 1. The van der Waals surface area contributed by atoms with E-state index in [9.17, 15) is 5.11 Å². The maximum absolute atomic E-state index is 9.48. The van der Waals surface area contributed by atoms with Crippen LogP contribution in [0.1, 0.15) is 28.1 Å². The van der Waals surface area contributed by atoms with Gasteiger partial charge in [-0.3, -0.25) is 0 Å². The lowest BCUT2D eigenvalue weighted by atomic mass is 10.2. The average Bonchev–Trinajstić information content (AvgIpc) is 2.81. The van der Waals surface area contributed by atoms with Crippen molar-refractivity contribution in [1.82, 2.24) is 15.6 Å². The second kappa shape index (κ2) is 7.79. The molecule has 0 saturated carbocycles. The summed E-state index contributed by atoms with van der Waals surface area (Å²) in [6.45, 7) is 8.10. The maximum atomic E-state index is 9.48. The Hall–Kier alpha value is -2.08. The lowest BCUT2D eigenvalue weighted by molar-refractivity contribution is 0.474. The highest BCUT2D eigenvalue weighted by Crippen LogP contribution is 2.16. The molecule has 0 unspecified atom stereocenters. The van der Waals surface area contributed by atoms with Crippen LogP contribution in [0.2, 0.25) is 0 Å². The fraction of sp³-hybridized carbons (Fsp3) is 0.375. The molecular weight excluding hydrogens is 296 g/mol. The van der Waals surface area contributed by atoms with E-state index in [1.54, 1.807) is 23.5 Å². The van der Waals surface area contributed by atoms with Crippen LogP contribution in [0.4, 0.5) is 0 Å². The standard InChI is InChI=1S/C16H22N4OS/c1-4-17-16(18-9-13-6-5-7-14(21)8-13)19-10-15-20-11(2)12(3)22-15/h5-8,21H,4,9-10H2,1-3H3,(H2,17,18,19). The van der Waals surface area contributed by atoms with Crippen LogP contribution < -0.4 is 10.6 Å². The molecular formula is C16H22N4OS. The van der Waals surface area contributed by atoms with Crippen molar-refractivity contribution in [3.05, 3.63) is 45.4 Å². The zero-order valence-corrected chi connectivity index (χ0v) is 14.0. The fourth-order valence-electron chi connectivity index (χ4n) is 1.94. The third kappa shape index (κ3) is 4.73. The van der Waals surface area contributed by atoms with E-state index in [0.717, 1.165) is 28.8 Å². The molecule has 118 valence electrons. The quantitative estimate of drug-likeness (QED) is 0.586. The molecule has 0 saturated heterocycles. The van der Waals surface area contributed by atoms with Crippen LogP contribution in [0.5, 0.6) is 5.75 Å². The maximum Gasteiger partial charge on any atom is 0.191 e. The Morgan fingerprint density at radius 1 is 1.32 bits per heavy atom. The van der Waals surface area contributed by atoms with Gasteiger partial charge in [0.1, 0.15) is 10.8 Å². The van der Waals surface area contributed by atoms with E-state index in [1.807, 2.05) is 26.0 Å². The molecule has 0 bridgehead atoms. The topological polar surface area (TPSA) is 69.5 Å². The van der Waals surface area contributed by atoms with Crippen LogP contribution >= 0.6 is 11.3 Å². The van der Waals surface area contributed by atoms with Gasteiger partial charge in [-0.2, -0.15) is 0 Å². The lowest BCUT2D eigenvalue weighted by Gasteiger charge is -2.10. The van der Waals surface area contributed by atoms with Gasteiger partial charge in [0.05, 0.1) is 18.8 Å². The predicted molar refractivity (Wildman–Crippen MR) is 91.4 cm³/mol. The number of aryl methyl sites for hydroxylation is 2. The molecule has 22 heavy (non-hydrogen) atoms. The van der Waals surface area contributed by atoms with E-state index in [-0.39, 0.29) is 5.75 Å². The summed E-state index contributed by atoms with van der Waals surface area (Å²) in [7, 11) is 0. The molecule has 1 aromatic heterocycles. The van der Waals surface area contributed by atoms with Gasteiger partial charge in [-0.25, -0.2) is 9.98 Å². The summed E-state index contributed by atoms with van der Waals surface area (Å²) >= 11 is 1.70. The number of rotatable bonds is 5. The third-order valence-electron chi connectivity index (χ3n) is 3.15. The van der Waals surface area contributed by atoms with Gasteiger partial charge in [0, 0.05) is 11.4 Å². The lowest BCUT2D eigenvalue weighted by Crippen LogP contribution is -2.36. The Morgan fingerprint density at radius 3 is 2.77 bits per heavy atom. The van der Waals surface area contributed by atoms with E-state index in [4.69, 9.17) is 0 Å². The van der Waals surface area contributed by atoms with Crippen LogP contribution in [-0.4, -0.2) is 22.6 Å². The number of nitrogens with zero attached hydrogens (tertiary/aromatic N) is 2. The van der Waals surface area contributed by atoms with Crippen molar-refractivity contribution in [2.24, 2.45) is 4.99 Å². The summed E-state index contributed by atoms with van der Waals surface area (Å²) in [5.41, 5.74) is 2.06. The summed E-state index contributed by atoms with van der Waals surface area (Å²) in [6.07, 6.45) is 0. The largest absolute Gasteiger partial charge is 0.508 e. The van der Waals surface area contributed by atoms with Crippen LogP contribution in [-0.2, 0) is 13.1 Å². The molecule has 0 atom stereocenters. The Bertz CT molecular complexity index is 632. The van der Waals surface area contributed by atoms with Crippen LogP contribution in [0, 0.1) is 13.8 Å². The molecule has 0 spiro atoms. The van der Waals surface area contributed by atoms with Gasteiger partial charge >= 0.3 is 0 Å². The molecule has 0 amide bonds. The smallest absolute Gasteiger partial charge is 0.191 e. The molecule has 6 heteroatoms. The zero-order valence-electron chi connectivity index (χ0n) is 13.2. The van der Waals surface area contributed by atoms with Gasteiger partial charge in [0.2, 0.25) is 0 Å². The number of phenols is 1. The summed E-state index contributed by atoms with van der Waals surface area (Å²) in [5, 5.41) is 17.0. The number of phenolic OH excluding ortho intramolecular Hbond substituents is 1. The van der Waals surface area contributed by atoms with Crippen molar-refractivity contribution < 1.29 is 5.11 Å². The van der Waals surface area contributed by atoms with Gasteiger partial charge < -0.3 is 15.7 Å². The number of nitrogens with one attached hydrogen (secondary N) is 2. The Kier molecular flexibility index (Phi) is 5.77. The molecule has 0 aliphatic carbocycles. The van der Waals surface area contributed by atoms with Crippen molar-refractivity contribution in [3.63, 3.8) is 0 Å². The van der Waals surface area contributed by atoms with Gasteiger partial charge in [0.15, 0.2) is 5.96 Å². The second-order valence-electron chi connectivity index (χ2n) is 4.97. The number of benzene rings is 1. The molecule has 0 aliphatic heterocycles. The molecule has 5 nitrogen and oxygen atoms in total. The minimum absolute atomic E-state index is 0.263. The fourth-order valence-corrected chi connectivity index (χ4v) is 2.81. The first-order valence-electron chi connectivity index (χ1n) is 7.31. The van der Waals surface area contributed by atoms with E-state index in [0.29, 0.717) is 13.1 Å². The van der Waals surface area contributed by atoms with Gasteiger partial charge in [-0.1, -0.05) is 12.1 Å². The Balaban J connectivity index is 1.97. The molecule has 3 N–H and O–H groups in total. The molecule has 2 aromatic rings. The van der Waals surface area contributed by atoms with Crippen LogP contribution in [0.15, 0.2) is 29.3 Å². The van der Waals surface area contributed by atoms with Crippen molar-refractivity contribution in [2.45, 2.75) is 33.9 Å². The first kappa shape index (κ1) is 16.3. The average molecular weight is 318 g/mol. The summed E-state index contributed by atoms with van der Waals surface area (Å²) in [5.74, 6) is 1.01. The van der Waals surface area contributed by atoms with E-state index < -0.39 is 0 Å².